The number of quaternary nitrogens is 1. The Morgan fingerprint density at radius 1 is 1.09 bits per heavy atom. The number of hydrogen-bond donors (Lipinski definition) is 1. The molecule has 1 fully saturated rings. The van der Waals surface area contributed by atoms with E-state index in [1.165, 1.54) is 6.42 Å². The van der Waals surface area contributed by atoms with E-state index >= 15 is 0 Å². The van der Waals surface area contributed by atoms with Crippen LogP contribution in [0.1, 0.15) is 51.2 Å². The molecule has 1 atom stereocenters. The summed E-state index contributed by atoms with van der Waals surface area (Å²) >= 11 is 0. The minimum atomic E-state index is -0.615. The second-order valence-electron chi connectivity index (χ2n) is 10.2. The molecule has 180 valence electrons. The van der Waals surface area contributed by atoms with Crippen molar-refractivity contribution >= 4 is 5.69 Å². The van der Waals surface area contributed by atoms with Crippen molar-refractivity contribution in [2.24, 2.45) is 0 Å². The van der Waals surface area contributed by atoms with Crippen molar-refractivity contribution in [1.82, 2.24) is 0 Å². The van der Waals surface area contributed by atoms with E-state index in [0.717, 1.165) is 59.6 Å². The molecule has 1 heterocycles. The smallest absolute Gasteiger partial charge is 0.269 e. The molecule has 2 aromatic rings. The molecule has 3 rings (SSSR count). The standard InChI is InChI=1S/C26H37N2O5/c1-26(2,3)24-16-23(32-4)12-13-25(24)33-19-22(29)18-28(14-6-5-7-15-28)17-20-8-10-21(11-9-20)27(30)31/h8-13,16,22,29H,5-7,14-15,17-19H2,1-4H3/q+1/t22-/m1/s1. The molecule has 0 saturated carbocycles. The van der Waals surface area contributed by atoms with Crippen LogP contribution in [0.4, 0.5) is 5.69 Å². The normalized spacial score (nSPS) is 16.8. The monoisotopic (exact) mass is 457 g/mol. The average molecular weight is 458 g/mol. The van der Waals surface area contributed by atoms with Crippen molar-refractivity contribution in [3.05, 3.63) is 63.7 Å². The summed E-state index contributed by atoms with van der Waals surface area (Å²) in [7, 11) is 1.65. The lowest BCUT2D eigenvalue weighted by molar-refractivity contribution is -0.947. The second kappa shape index (κ2) is 10.5. The summed E-state index contributed by atoms with van der Waals surface area (Å²) in [4.78, 5) is 10.6. The van der Waals surface area contributed by atoms with Gasteiger partial charge in [0.1, 0.15) is 37.3 Å². The van der Waals surface area contributed by atoms with Gasteiger partial charge in [0.05, 0.1) is 25.1 Å². The van der Waals surface area contributed by atoms with Crippen molar-refractivity contribution < 1.29 is 24.0 Å². The van der Waals surface area contributed by atoms with Gasteiger partial charge in [0.25, 0.3) is 5.69 Å². The van der Waals surface area contributed by atoms with Gasteiger partial charge in [-0.05, 0) is 55.0 Å². The number of likely N-dealkylation sites (tertiary alicyclic amines) is 1. The highest BCUT2D eigenvalue weighted by Crippen LogP contribution is 2.34. The average Bonchev–Trinajstić information content (AvgIpc) is 2.78. The van der Waals surface area contributed by atoms with Gasteiger partial charge in [-0.25, -0.2) is 0 Å². The Hall–Kier alpha value is -2.64. The Kier molecular flexibility index (Phi) is 7.97. The molecule has 0 amide bonds. The minimum absolute atomic E-state index is 0.103. The van der Waals surface area contributed by atoms with Crippen LogP contribution in [-0.4, -0.2) is 54.0 Å². The fraction of sp³-hybridized carbons (Fsp3) is 0.538. The molecular weight excluding hydrogens is 420 g/mol. The number of methoxy groups -OCH3 is 1. The molecule has 1 aliphatic rings. The number of nitro benzene ring substituents is 1. The first kappa shape index (κ1) is 25.0. The first-order chi connectivity index (χ1) is 15.6. The largest absolute Gasteiger partial charge is 0.497 e. The minimum Gasteiger partial charge on any atom is -0.497 e. The lowest BCUT2D eigenvalue weighted by Crippen LogP contribution is -2.55. The van der Waals surface area contributed by atoms with Crippen molar-refractivity contribution in [2.75, 3.05) is 33.4 Å². The summed E-state index contributed by atoms with van der Waals surface area (Å²) in [6, 6.07) is 12.6. The van der Waals surface area contributed by atoms with Crippen LogP contribution in [0.5, 0.6) is 11.5 Å². The van der Waals surface area contributed by atoms with Crippen molar-refractivity contribution in [3.63, 3.8) is 0 Å². The Bertz CT molecular complexity index is 931. The topological polar surface area (TPSA) is 81.8 Å². The Balaban J connectivity index is 1.70. The van der Waals surface area contributed by atoms with Crippen molar-refractivity contribution in [1.29, 1.82) is 0 Å². The maximum atomic E-state index is 11.0. The number of ether oxygens (including phenoxy) is 2. The molecule has 0 unspecified atom stereocenters. The first-order valence-corrected chi connectivity index (χ1v) is 11.7. The van der Waals surface area contributed by atoms with Crippen LogP contribution in [0.15, 0.2) is 42.5 Å². The molecule has 7 heteroatoms. The number of rotatable bonds is 9. The zero-order valence-electron chi connectivity index (χ0n) is 20.3. The molecular formula is C26H37N2O5+. The number of piperidine rings is 1. The van der Waals surface area contributed by atoms with E-state index in [-0.39, 0.29) is 22.6 Å². The second-order valence-corrected chi connectivity index (χ2v) is 10.2. The third-order valence-electron chi connectivity index (χ3n) is 6.45. The van der Waals surface area contributed by atoms with Crippen molar-refractivity contribution in [2.45, 2.75) is 58.1 Å². The van der Waals surface area contributed by atoms with E-state index in [1.54, 1.807) is 19.2 Å². The first-order valence-electron chi connectivity index (χ1n) is 11.7. The number of nitrogens with zero attached hydrogens (tertiary/aromatic N) is 2. The summed E-state index contributed by atoms with van der Waals surface area (Å²) in [5, 5.41) is 21.9. The summed E-state index contributed by atoms with van der Waals surface area (Å²) in [5.74, 6) is 1.55. The van der Waals surface area contributed by atoms with Crippen LogP contribution < -0.4 is 9.47 Å². The predicted molar refractivity (Wildman–Crippen MR) is 129 cm³/mol. The summed E-state index contributed by atoms with van der Waals surface area (Å²) in [6.45, 7) is 9.93. The highest BCUT2D eigenvalue weighted by molar-refractivity contribution is 5.44. The van der Waals surface area contributed by atoms with Gasteiger partial charge in [0, 0.05) is 23.3 Å². The van der Waals surface area contributed by atoms with Gasteiger partial charge < -0.3 is 19.1 Å². The van der Waals surface area contributed by atoms with Crippen LogP contribution in [0.25, 0.3) is 0 Å². The molecule has 7 nitrogen and oxygen atoms in total. The fourth-order valence-corrected chi connectivity index (χ4v) is 4.73. The van der Waals surface area contributed by atoms with Gasteiger partial charge in [-0.15, -0.1) is 0 Å². The summed E-state index contributed by atoms with van der Waals surface area (Å²) < 4.78 is 12.3. The zero-order chi connectivity index (χ0) is 24.1. The van der Waals surface area contributed by atoms with E-state index in [2.05, 4.69) is 20.8 Å². The number of nitro groups is 1. The van der Waals surface area contributed by atoms with E-state index in [1.807, 2.05) is 30.3 Å². The third kappa shape index (κ3) is 6.68. The Morgan fingerprint density at radius 3 is 2.33 bits per heavy atom. The molecule has 0 bridgehead atoms. The van der Waals surface area contributed by atoms with E-state index in [4.69, 9.17) is 9.47 Å². The number of non-ortho nitro benzene ring substituents is 1. The van der Waals surface area contributed by atoms with Gasteiger partial charge in [-0.1, -0.05) is 20.8 Å². The highest BCUT2D eigenvalue weighted by Gasteiger charge is 2.33. The summed E-state index contributed by atoms with van der Waals surface area (Å²) in [6.07, 6.45) is 2.82. The molecule has 0 radical (unpaired) electrons. The Morgan fingerprint density at radius 2 is 1.76 bits per heavy atom. The predicted octanol–water partition coefficient (Wildman–Crippen LogP) is 4.84. The van der Waals surface area contributed by atoms with Gasteiger partial charge in [0.2, 0.25) is 0 Å². The maximum absolute atomic E-state index is 11.0. The van der Waals surface area contributed by atoms with Crippen LogP contribution in [0.3, 0.4) is 0 Å². The SMILES string of the molecule is COc1ccc(OC[C@H](O)C[N+]2(Cc3ccc([N+](=O)[O-])cc3)CCCCC2)c(C(C)(C)C)c1. The zero-order valence-corrected chi connectivity index (χ0v) is 20.3. The molecule has 1 saturated heterocycles. The van der Waals surface area contributed by atoms with Crippen LogP contribution in [0, 0.1) is 10.1 Å². The van der Waals surface area contributed by atoms with Crippen molar-refractivity contribution in [3.8, 4) is 11.5 Å². The molecule has 0 aliphatic carbocycles. The number of aliphatic hydroxyl groups is 1. The van der Waals surface area contributed by atoms with Gasteiger partial charge >= 0.3 is 0 Å². The third-order valence-corrected chi connectivity index (χ3v) is 6.45. The van der Waals surface area contributed by atoms with E-state index < -0.39 is 6.10 Å². The lowest BCUT2D eigenvalue weighted by Gasteiger charge is -2.43. The lowest BCUT2D eigenvalue weighted by atomic mass is 9.86. The number of hydrogen-bond acceptors (Lipinski definition) is 5. The molecule has 1 aliphatic heterocycles. The molecule has 2 aromatic carbocycles. The quantitative estimate of drug-likeness (QED) is 0.331. The highest BCUT2D eigenvalue weighted by atomic mass is 16.6. The molecule has 0 aromatic heterocycles. The van der Waals surface area contributed by atoms with Gasteiger partial charge in [-0.3, -0.25) is 10.1 Å². The van der Waals surface area contributed by atoms with E-state index in [0.29, 0.717) is 6.54 Å². The van der Waals surface area contributed by atoms with Crippen LogP contribution in [-0.2, 0) is 12.0 Å². The van der Waals surface area contributed by atoms with Crippen LogP contribution in [0.2, 0.25) is 0 Å². The number of benzene rings is 2. The fourth-order valence-electron chi connectivity index (χ4n) is 4.73. The Labute approximate surface area is 196 Å². The summed E-state index contributed by atoms with van der Waals surface area (Å²) in [5.41, 5.74) is 2.08. The van der Waals surface area contributed by atoms with Crippen LogP contribution >= 0.6 is 0 Å². The molecule has 33 heavy (non-hydrogen) atoms. The maximum Gasteiger partial charge on any atom is 0.269 e. The van der Waals surface area contributed by atoms with Gasteiger partial charge in [-0.2, -0.15) is 0 Å². The van der Waals surface area contributed by atoms with Gasteiger partial charge in [0.15, 0.2) is 0 Å². The molecule has 0 spiro atoms. The number of aliphatic hydroxyl groups excluding tert-OH is 1. The van der Waals surface area contributed by atoms with E-state index in [9.17, 15) is 15.2 Å². The molecule has 1 N–H and O–H groups in total.